The highest BCUT2D eigenvalue weighted by Crippen LogP contribution is 2.42. The maximum atomic E-state index is 5.89. The number of rotatable bonds is 2. The van der Waals surface area contributed by atoms with E-state index < -0.39 is 0 Å². The Bertz CT molecular complexity index is 651. The Labute approximate surface area is 146 Å². The number of aliphatic imine (C=N–C) groups is 1. The second-order valence-corrected chi connectivity index (χ2v) is 6.53. The summed E-state index contributed by atoms with van der Waals surface area (Å²) in [6, 6.07) is 8.51. The molecule has 1 aliphatic rings. The number of thioether (sulfide) groups is 1. The van der Waals surface area contributed by atoms with Gasteiger partial charge in [-0.1, -0.05) is 30.0 Å². The van der Waals surface area contributed by atoms with Gasteiger partial charge in [0, 0.05) is 29.2 Å². The SMILES string of the molecule is C[C@@]1(c2cccc(-c3cncnc3)c2)CCN=C(N)S1.Cl.Cl. The Morgan fingerprint density at radius 2 is 1.86 bits per heavy atom. The first-order valence-corrected chi connectivity index (χ1v) is 7.34. The molecule has 1 aromatic carbocycles. The molecule has 3 rings (SSSR count). The Kier molecular flexibility index (Phi) is 6.66. The smallest absolute Gasteiger partial charge is 0.154 e. The molecule has 0 aliphatic carbocycles. The molecule has 0 saturated carbocycles. The summed E-state index contributed by atoms with van der Waals surface area (Å²) in [7, 11) is 0. The van der Waals surface area contributed by atoms with Gasteiger partial charge < -0.3 is 5.73 Å². The van der Waals surface area contributed by atoms with Crippen molar-refractivity contribution in [3.63, 3.8) is 0 Å². The molecule has 2 aromatic rings. The third-order valence-corrected chi connectivity index (χ3v) is 4.78. The molecule has 0 amide bonds. The van der Waals surface area contributed by atoms with Crippen molar-refractivity contribution < 1.29 is 0 Å². The number of aromatic nitrogens is 2. The monoisotopic (exact) mass is 356 g/mol. The van der Waals surface area contributed by atoms with Crippen molar-refractivity contribution in [2.45, 2.75) is 18.1 Å². The number of amidine groups is 1. The van der Waals surface area contributed by atoms with Crippen molar-refractivity contribution >= 4 is 41.7 Å². The van der Waals surface area contributed by atoms with E-state index in [-0.39, 0.29) is 29.6 Å². The third-order valence-electron chi connectivity index (χ3n) is 3.55. The molecule has 4 nitrogen and oxygen atoms in total. The standard InChI is InChI=1S/C15H16N4S.2ClH/c1-15(5-6-19-14(16)20-15)13-4-2-3-11(7-13)12-8-17-10-18-9-12;;/h2-4,7-10H,5-6H2,1H3,(H2,16,19);2*1H/t15-;;/m0../s1. The van der Waals surface area contributed by atoms with E-state index in [4.69, 9.17) is 5.73 Å². The normalized spacial score (nSPS) is 20.3. The second-order valence-electron chi connectivity index (χ2n) is 5.01. The Balaban J connectivity index is 0.00000121. The minimum atomic E-state index is -0.0164. The summed E-state index contributed by atoms with van der Waals surface area (Å²) in [4.78, 5) is 12.4. The minimum absolute atomic E-state index is 0. The lowest BCUT2D eigenvalue weighted by Gasteiger charge is -2.31. The fourth-order valence-electron chi connectivity index (χ4n) is 2.37. The molecule has 7 heteroatoms. The average molecular weight is 357 g/mol. The highest BCUT2D eigenvalue weighted by atomic mass is 35.5. The van der Waals surface area contributed by atoms with Crippen LogP contribution in [0.5, 0.6) is 0 Å². The van der Waals surface area contributed by atoms with Crippen LogP contribution in [0, 0.1) is 0 Å². The van der Waals surface area contributed by atoms with Crippen LogP contribution in [-0.2, 0) is 4.75 Å². The van der Waals surface area contributed by atoms with Crippen LogP contribution < -0.4 is 5.73 Å². The van der Waals surface area contributed by atoms with Gasteiger partial charge in [0.15, 0.2) is 5.17 Å². The van der Waals surface area contributed by atoms with Crippen LogP contribution in [0.3, 0.4) is 0 Å². The molecule has 1 aliphatic heterocycles. The fraction of sp³-hybridized carbons (Fsp3) is 0.267. The number of benzene rings is 1. The number of hydrogen-bond donors (Lipinski definition) is 1. The first-order chi connectivity index (χ1) is 9.67. The van der Waals surface area contributed by atoms with E-state index in [9.17, 15) is 0 Å². The molecule has 22 heavy (non-hydrogen) atoms. The van der Waals surface area contributed by atoms with Gasteiger partial charge in [0.1, 0.15) is 6.33 Å². The van der Waals surface area contributed by atoms with Gasteiger partial charge >= 0.3 is 0 Å². The lowest BCUT2D eigenvalue weighted by molar-refractivity contribution is 0.628. The van der Waals surface area contributed by atoms with E-state index in [0.29, 0.717) is 5.17 Å². The summed E-state index contributed by atoms with van der Waals surface area (Å²) >= 11 is 1.64. The van der Waals surface area contributed by atoms with E-state index in [1.807, 2.05) is 12.4 Å². The molecule has 0 bridgehead atoms. The molecule has 1 atom stereocenters. The lowest BCUT2D eigenvalue weighted by atomic mass is 9.93. The van der Waals surface area contributed by atoms with Gasteiger partial charge in [0.25, 0.3) is 0 Å². The lowest BCUT2D eigenvalue weighted by Crippen LogP contribution is -2.28. The topological polar surface area (TPSA) is 64.2 Å². The zero-order valence-corrected chi connectivity index (χ0v) is 14.5. The van der Waals surface area contributed by atoms with Crippen molar-refractivity contribution in [2.24, 2.45) is 10.7 Å². The maximum Gasteiger partial charge on any atom is 0.154 e. The van der Waals surface area contributed by atoms with Crippen molar-refractivity contribution in [2.75, 3.05) is 6.54 Å². The van der Waals surface area contributed by atoms with E-state index >= 15 is 0 Å². The highest BCUT2D eigenvalue weighted by molar-refractivity contribution is 8.14. The molecule has 2 heterocycles. The van der Waals surface area contributed by atoms with E-state index in [1.165, 1.54) is 5.56 Å². The average Bonchev–Trinajstić information content (AvgIpc) is 2.48. The Morgan fingerprint density at radius 3 is 2.55 bits per heavy atom. The van der Waals surface area contributed by atoms with Crippen LogP contribution in [0.25, 0.3) is 11.1 Å². The molecule has 0 radical (unpaired) electrons. The largest absolute Gasteiger partial charge is 0.379 e. The number of nitrogens with two attached hydrogens (primary N) is 1. The molecule has 2 N–H and O–H groups in total. The highest BCUT2D eigenvalue weighted by Gasteiger charge is 2.31. The molecular weight excluding hydrogens is 339 g/mol. The summed E-state index contributed by atoms with van der Waals surface area (Å²) < 4.78 is -0.0164. The van der Waals surface area contributed by atoms with Gasteiger partial charge in [-0.2, -0.15) is 0 Å². The predicted octanol–water partition coefficient (Wildman–Crippen LogP) is 3.65. The predicted molar refractivity (Wildman–Crippen MR) is 98.0 cm³/mol. The van der Waals surface area contributed by atoms with Gasteiger partial charge in [0.2, 0.25) is 0 Å². The molecular formula is C15H18Cl2N4S. The van der Waals surface area contributed by atoms with Crippen molar-refractivity contribution in [3.8, 4) is 11.1 Å². The molecule has 0 spiro atoms. The minimum Gasteiger partial charge on any atom is -0.379 e. The van der Waals surface area contributed by atoms with Crippen LogP contribution in [0.2, 0.25) is 0 Å². The van der Waals surface area contributed by atoms with Crippen molar-refractivity contribution in [1.82, 2.24) is 9.97 Å². The van der Waals surface area contributed by atoms with Crippen LogP contribution >= 0.6 is 36.6 Å². The first kappa shape index (κ1) is 18.7. The summed E-state index contributed by atoms with van der Waals surface area (Å²) in [6.07, 6.45) is 6.20. The number of halogens is 2. The van der Waals surface area contributed by atoms with Crippen LogP contribution in [-0.4, -0.2) is 21.7 Å². The molecule has 1 aromatic heterocycles. The van der Waals surface area contributed by atoms with Gasteiger partial charge in [-0.3, -0.25) is 4.99 Å². The third kappa shape index (κ3) is 3.91. The molecule has 118 valence electrons. The van der Waals surface area contributed by atoms with Crippen molar-refractivity contribution in [1.29, 1.82) is 0 Å². The van der Waals surface area contributed by atoms with Crippen LogP contribution in [0.4, 0.5) is 0 Å². The first-order valence-electron chi connectivity index (χ1n) is 6.52. The maximum absolute atomic E-state index is 5.89. The summed E-state index contributed by atoms with van der Waals surface area (Å²) in [5, 5.41) is 0.673. The van der Waals surface area contributed by atoms with Gasteiger partial charge in [0.05, 0.1) is 0 Å². The van der Waals surface area contributed by atoms with Crippen molar-refractivity contribution in [3.05, 3.63) is 48.5 Å². The van der Waals surface area contributed by atoms with E-state index in [2.05, 4.69) is 46.1 Å². The molecule has 0 fully saturated rings. The van der Waals surface area contributed by atoms with Gasteiger partial charge in [-0.25, -0.2) is 9.97 Å². The van der Waals surface area contributed by atoms with Gasteiger partial charge in [-0.05, 0) is 30.5 Å². The zero-order chi connectivity index (χ0) is 14.0. The quantitative estimate of drug-likeness (QED) is 0.891. The summed E-state index contributed by atoms with van der Waals surface area (Å²) in [6.45, 7) is 3.01. The Hall–Kier alpha value is -1.30. The zero-order valence-electron chi connectivity index (χ0n) is 12.1. The van der Waals surface area contributed by atoms with Crippen LogP contribution in [0.15, 0.2) is 48.0 Å². The number of hydrogen-bond acceptors (Lipinski definition) is 5. The number of nitrogens with zero attached hydrogens (tertiary/aromatic N) is 3. The summed E-state index contributed by atoms with van der Waals surface area (Å²) in [5.74, 6) is 0. The summed E-state index contributed by atoms with van der Waals surface area (Å²) in [5.41, 5.74) is 9.31. The van der Waals surface area contributed by atoms with E-state index in [1.54, 1.807) is 18.1 Å². The Morgan fingerprint density at radius 1 is 1.14 bits per heavy atom. The molecule has 0 saturated heterocycles. The van der Waals surface area contributed by atoms with E-state index in [0.717, 1.165) is 24.1 Å². The molecule has 0 unspecified atom stereocenters. The van der Waals surface area contributed by atoms with Crippen LogP contribution in [0.1, 0.15) is 18.9 Å². The second kappa shape index (κ2) is 7.81. The van der Waals surface area contributed by atoms with Gasteiger partial charge in [-0.15, -0.1) is 24.8 Å². The fourth-order valence-corrected chi connectivity index (χ4v) is 3.43.